The summed E-state index contributed by atoms with van der Waals surface area (Å²) in [5, 5.41) is 0.132. The molecule has 0 saturated heterocycles. The van der Waals surface area contributed by atoms with Gasteiger partial charge in [-0.3, -0.25) is 14.4 Å². The molecule has 6 aromatic carbocycles. The van der Waals surface area contributed by atoms with Crippen LogP contribution in [0, 0.1) is 69.6 Å². The summed E-state index contributed by atoms with van der Waals surface area (Å²) in [6.45, 7) is 31.6. The molecular weight excluding hydrogens is 1100 g/mol. The minimum absolute atomic E-state index is 0.00268. The zero-order valence-electron chi connectivity index (χ0n) is 42.3. The van der Waals surface area contributed by atoms with Gasteiger partial charge in [-0.25, -0.2) is 41.7 Å². The van der Waals surface area contributed by atoms with E-state index in [-0.39, 0.29) is 83.0 Å². The normalized spacial score (nSPS) is 13.2. The Kier molecular flexibility index (Phi) is 21.7. The van der Waals surface area contributed by atoms with E-state index in [1.807, 2.05) is 45.0 Å². The topological polar surface area (TPSA) is 92.0 Å². The number of ether oxygens (including phenoxy) is 3. The summed E-state index contributed by atoms with van der Waals surface area (Å²) in [4.78, 5) is 47.5. The Bertz CT molecular complexity index is 3210. The fourth-order valence-corrected chi connectivity index (χ4v) is 7.36. The molecule has 0 spiro atoms. The van der Waals surface area contributed by atoms with Crippen LogP contribution in [0.15, 0.2) is 120 Å². The van der Waals surface area contributed by atoms with Crippen LogP contribution in [-0.2, 0) is 6.18 Å². The Hall–Kier alpha value is -7.59. The van der Waals surface area contributed by atoms with Gasteiger partial charge in [0, 0.05) is 49.6 Å². The van der Waals surface area contributed by atoms with E-state index in [0.717, 1.165) is 34.9 Å². The number of halogens is 10. The van der Waals surface area contributed by atoms with E-state index in [2.05, 4.69) is 30.5 Å². The SMILES string of the molecule is [C-]#[N+]C(C)(COc1cc(F)c(F)cc1Br)CC(=O)c1ccc(C)cc1.[C-]#[N+]C(C)(COc1cc(F)c(F)cc1C(F)(F)F)CC(=O)c1ccc(C)cc1.[C-]#[N+]C(C)(COc1ccc(F)cc1Cl)CC(=O)c1ccc(C)cc1. The molecule has 9 nitrogen and oxygen atoms in total. The van der Waals surface area contributed by atoms with Gasteiger partial charge in [0.05, 0.1) is 28.8 Å². The molecule has 3 unspecified atom stereocenters. The Morgan fingerprint density at radius 1 is 0.494 bits per heavy atom. The molecule has 0 N–H and O–H groups in total. The minimum Gasteiger partial charge on any atom is -0.484 e. The van der Waals surface area contributed by atoms with E-state index in [4.69, 9.17) is 45.5 Å². The van der Waals surface area contributed by atoms with Gasteiger partial charge in [0.15, 0.2) is 60.4 Å². The number of Topliss-reactive ketones (excluding diaryl/α,β-unsaturated/α-hetero) is 3. The lowest BCUT2D eigenvalue weighted by atomic mass is 9.93. The lowest BCUT2D eigenvalue weighted by Gasteiger charge is -2.20. The summed E-state index contributed by atoms with van der Waals surface area (Å²) >= 11 is 9.00. The van der Waals surface area contributed by atoms with Gasteiger partial charge in [-0.05, 0) is 67.0 Å². The summed E-state index contributed by atoms with van der Waals surface area (Å²) in [7, 11) is 0. The van der Waals surface area contributed by atoms with Crippen LogP contribution in [0.25, 0.3) is 14.5 Å². The van der Waals surface area contributed by atoms with Gasteiger partial charge in [0.1, 0.15) is 28.6 Å². The lowest BCUT2D eigenvalue weighted by molar-refractivity contribution is -0.139. The first-order valence-electron chi connectivity index (χ1n) is 23.0. The highest BCUT2D eigenvalue weighted by Crippen LogP contribution is 2.38. The number of rotatable bonds is 18. The van der Waals surface area contributed by atoms with Gasteiger partial charge in [-0.15, -0.1) is 0 Å². The van der Waals surface area contributed by atoms with E-state index >= 15 is 0 Å². The monoisotopic (exact) mass is 1150 g/mol. The summed E-state index contributed by atoms with van der Waals surface area (Å²) in [5.41, 5.74) is -0.657. The van der Waals surface area contributed by atoms with Gasteiger partial charge < -0.3 is 28.7 Å². The molecular formula is C58H49BrClF8N3O6. The third-order valence-corrected chi connectivity index (χ3v) is 12.3. The molecule has 402 valence electrons. The molecule has 77 heavy (non-hydrogen) atoms. The number of alkyl halides is 3. The van der Waals surface area contributed by atoms with Crippen molar-refractivity contribution in [3.8, 4) is 17.2 Å². The molecule has 0 saturated carbocycles. The number of benzene rings is 6. The van der Waals surface area contributed by atoms with Crippen molar-refractivity contribution in [1.29, 1.82) is 0 Å². The number of hydrogen-bond acceptors (Lipinski definition) is 6. The van der Waals surface area contributed by atoms with Crippen LogP contribution >= 0.6 is 27.5 Å². The minimum atomic E-state index is -4.98. The van der Waals surface area contributed by atoms with E-state index in [1.54, 1.807) is 62.4 Å². The molecule has 0 aromatic heterocycles. The number of carbonyl (C=O) groups is 3. The number of carbonyl (C=O) groups excluding carboxylic acids is 3. The van der Waals surface area contributed by atoms with E-state index in [1.165, 1.54) is 19.1 Å². The summed E-state index contributed by atoms with van der Waals surface area (Å²) in [6, 6.07) is 26.8. The number of hydrogen-bond donors (Lipinski definition) is 0. The van der Waals surface area contributed by atoms with E-state index in [9.17, 15) is 49.5 Å². The fourth-order valence-electron chi connectivity index (χ4n) is 6.71. The average Bonchev–Trinajstić information content (AvgIpc) is 3.37. The van der Waals surface area contributed by atoms with Crippen molar-refractivity contribution in [3.63, 3.8) is 0 Å². The van der Waals surface area contributed by atoms with Crippen molar-refractivity contribution in [2.75, 3.05) is 19.8 Å². The smallest absolute Gasteiger partial charge is 0.420 e. The standard InChI is InChI=1S/C20H16F5NO2.C19H16BrF2NO2.C19H17ClFNO2/c1-12-4-6-13(7-5-12)17(27)10-19(2,26-3)11-28-18-9-16(22)15(21)8-14(18)20(23,24)25;1-12-4-6-13(7-5-12)17(24)10-19(2,23-3)11-25-18-9-16(22)15(21)8-14(18)20;1-13-4-6-14(7-5-13)17(23)11-19(2,22-3)12-24-18-9-8-15(21)10-16(18)20/h4-9H,10-11H2,1-2H3;4-9H,10-11H2,1-2H3;4-10H,11-12H2,1-2H3. The Morgan fingerprint density at radius 3 is 1.17 bits per heavy atom. The second-order valence-electron chi connectivity index (χ2n) is 18.6. The Balaban J connectivity index is 0.000000250. The molecule has 6 aromatic rings. The van der Waals surface area contributed by atoms with Gasteiger partial charge >= 0.3 is 6.18 Å². The van der Waals surface area contributed by atoms with Gasteiger partial charge in [0.2, 0.25) is 0 Å². The van der Waals surface area contributed by atoms with Crippen molar-refractivity contribution in [3.05, 3.63) is 227 Å². The largest absolute Gasteiger partial charge is 0.484 e. The lowest BCUT2D eigenvalue weighted by Crippen LogP contribution is -2.32. The van der Waals surface area contributed by atoms with Crippen LogP contribution in [0.3, 0.4) is 0 Å². The molecule has 0 bridgehead atoms. The number of aryl methyl sites for hydroxylation is 3. The van der Waals surface area contributed by atoms with Crippen molar-refractivity contribution < 1.29 is 63.7 Å². The van der Waals surface area contributed by atoms with Gasteiger partial charge in [0.25, 0.3) is 16.6 Å². The molecule has 6 rings (SSSR count). The van der Waals surface area contributed by atoms with Crippen LogP contribution in [0.2, 0.25) is 5.02 Å². The molecule has 0 fully saturated rings. The summed E-state index contributed by atoms with van der Waals surface area (Å²) in [5.74, 6) is -6.94. The predicted molar refractivity (Wildman–Crippen MR) is 279 cm³/mol. The van der Waals surface area contributed by atoms with Crippen molar-refractivity contribution in [2.45, 2.75) is 83.6 Å². The molecule has 0 aliphatic rings. The molecule has 19 heteroatoms. The first kappa shape index (κ1) is 62.0. The average molecular weight is 1150 g/mol. The second-order valence-corrected chi connectivity index (χ2v) is 19.9. The highest BCUT2D eigenvalue weighted by Gasteiger charge is 2.40. The van der Waals surface area contributed by atoms with Gasteiger partial charge in [-0.2, -0.15) is 13.2 Å². The zero-order chi connectivity index (χ0) is 57.5. The third-order valence-electron chi connectivity index (χ3n) is 11.4. The second kappa shape index (κ2) is 26.9. The molecule has 0 aliphatic heterocycles. The maximum Gasteiger partial charge on any atom is 0.420 e. The molecule has 0 radical (unpaired) electrons. The van der Waals surface area contributed by atoms with Crippen LogP contribution in [-0.4, -0.2) is 53.8 Å². The zero-order valence-corrected chi connectivity index (χ0v) is 44.6. The maximum absolute atomic E-state index is 13.4. The van der Waals surface area contributed by atoms with Crippen molar-refractivity contribution >= 4 is 44.9 Å². The van der Waals surface area contributed by atoms with Crippen LogP contribution in [0.1, 0.15) is 93.4 Å². The first-order chi connectivity index (χ1) is 36.0. The highest BCUT2D eigenvalue weighted by molar-refractivity contribution is 9.10. The van der Waals surface area contributed by atoms with Crippen molar-refractivity contribution in [1.82, 2.24) is 0 Å². The number of ketones is 3. The maximum atomic E-state index is 13.4. The van der Waals surface area contributed by atoms with Crippen LogP contribution in [0.4, 0.5) is 35.1 Å². The van der Waals surface area contributed by atoms with Gasteiger partial charge in [-0.1, -0.05) is 101 Å². The van der Waals surface area contributed by atoms with Crippen LogP contribution in [0.5, 0.6) is 17.2 Å². The summed E-state index contributed by atoms with van der Waals surface area (Å²) in [6.07, 6.45) is -5.31. The number of nitrogens with zero attached hydrogens (tertiary/aromatic N) is 3. The van der Waals surface area contributed by atoms with Crippen molar-refractivity contribution in [2.24, 2.45) is 0 Å². The quantitative estimate of drug-likeness (QED) is 0.0368. The van der Waals surface area contributed by atoms with E-state index < -0.39 is 69.8 Å². The summed E-state index contributed by atoms with van der Waals surface area (Å²) < 4.78 is 121. The highest BCUT2D eigenvalue weighted by atomic mass is 79.9. The molecule has 0 aliphatic carbocycles. The predicted octanol–water partition coefficient (Wildman–Crippen LogP) is 16.1. The first-order valence-corrected chi connectivity index (χ1v) is 24.2. The third kappa shape index (κ3) is 18.6. The Labute approximate surface area is 454 Å². The molecule has 0 amide bonds. The molecule has 3 atom stereocenters. The Morgan fingerprint density at radius 2 is 0.818 bits per heavy atom. The van der Waals surface area contributed by atoms with Crippen LogP contribution < -0.4 is 14.2 Å². The molecule has 0 heterocycles. The van der Waals surface area contributed by atoms with E-state index in [0.29, 0.717) is 16.7 Å². The fraction of sp³-hybridized carbons (Fsp3) is 0.276.